The maximum Gasteiger partial charge on any atom is 0.193 e. The molecule has 2 aromatic carbocycles. The van der Waals surface area contributed by atoms with Gasteiger partial charge in [-0.1, -0.05) is 36.4 Å². The average Bonchev–Trinajstić information content (AvgIpc) is 3.08. The summed E-state index contributed by atoms with van der Waals surface area (Å²) in [5.74, 6) is 0.432. The molecule has 0 unspecified atom stereocenters. The summed E-state index contributed by atoms with van der Waals surface area (Å²) in [4.78, 5) is 9.07. The van der Waals surface area contributed by atoms with E-state index in [4.69, 9.17) is 5.73 Å². The lowest BCUT2D eigenvalue weighted by Gasteiger charge is -2.07. The molecule has 0 saturated carbocycles. The van der Waals surface area contributed by atoms with E-state index in [-0.39, 0.29) is 0 Å². The molecule has 0 aliphatic rings. The Bertz CT molecular complexity index is 868. The molecule has 5 heteroatoms. The van der Waals surface area contributed by atoms with Crippen molar-refractivity contribution in [2.24, 2.45) is 10.7 Å². The molecular weight excluding hydrogens is 328 g/mol. The van der Waals surface area contributed by atoms with E-state index >= 15 is 0 Å². The zero-order valence-corrected chi connectivity index (χ0v) is 15.3. The van der Waals surface area contributed by atoms with Gasteiger partial charge in [0.2, 0.25) is 0 Å². The summed E-state index contributed by atoms with van der Waals surface area (Å²) in [5.41, 5.74) is 11.6. The van der Waals surface area contributed by atoms with Gasteiger partial charge in [-0.05, 0) is 37.1 Å². The van der Waals surface area contributed by atoms with Gasteiger partial charge in [0.05, 0.1) is 5.69 Å². The van der Waals surface area contributed by atoms with Crippen LogP contribution in [-0.4, -0.2) is 17.5 Å². The van der Waals surface area contributed by atoms with Crippen LogP contribution >= 0.6 is 11.3 Å². The molecule has 0 saturated heterocycles. The molecule has 0 atom stereocenters. The first-order valence-corrected chi connectivity index (χ1v) is 9.14. The molecule has 0 fully saturated rings. The number of aromatic nitrogens is 1. The number of nitrogens with two attached hydrogens (primary N) is 1. The molecule has 0 radical (unpaired) electrons. The van der Waals surface area contributed by atoms with Gasteiger partial charge < -0.3 is 11.1 Å². The van der Waals surface area contributed by atoms with Crippen molar-refractivity contribution in [1.82, 2.24) is 4.98 Å². The second-order valence-electron chi connectivity index (χ2n) is 5.95. The van der Waals surface area contributed by atoms with Gasteiger partial charge in [0, 0.05) is 29.6 Å². The largest absolute Gasteiger partial charge is 0.370 e. The molecular formula is C20H22N4S. The highest BCUT2D eigenvalue weighted by molar-refractivity contribution is 7.13. The van der Waals surface area contributed by atoms with Crippen LogP contribution in [0.15, 0.2) is 58.9 Å². The van der Waals surface area contributed by atoms with Crippen LogP contribution in [0, 0.1) is 13.8 Å². The molecule has 0 bridgehead atoms. The van der Waals surface area contributed by atoms with E-state index in [9.17, 15) is 0 Å². The number of aryl methyl sites for hydroxylation is 2. The van der Waals surface area contributed by atoms with Gasteiger partial charge in [-0.25, -0.2) is 4.98 Å². The standard InChI is InChI=1S/C20H22N4S/c1-14-8-9-17(12-15(14)2)24-20(21)22-11-10-18-13-25-19(23-18)16-6-4-3-5-7-16/h3-9,12-13H,10-11H2,1-2H3,(H3,21,22,24). The number of nitrogens with zero attached hydrogens (tertiary/aromatic N) is 2. The Kier molecular flexibility index (Phi) is 5.46. The van der Waals surface area contributed by atoms with Gasteiger partial charge in [-0.3, -0.25) is 4.99 Å². The molecule has 1 aromatic heterocycles. The fraction of sp³-hybridized carbons (Fsp3) is 0.200. The van der Waals surface area contributed by atoms with Crippen molar-refractivity contribution in [2.45, 2.75) is 20.3 Å². The summed E-state index contributed by atoms with van der Waals surface area (Å²) >= 11 is 1.66. The Labute approximate surface area is 152 Å². The molecule has 0 amide bonds. The third kappa shape index (κ3) is 4.67. The fourth-order valence-corrected chi connectivity index (χ4v) is 3.29. The van der Waals surface area contributed by atoms with Crippen molar-refractivity contribution in [1.29, 1.82) is 0 Å². The molecule has 128 valence electrons. The summed E-state index contributed by atoms with van der Waals surface area (Å²) in [6.45, 7) is 4.79. The van der Waals surface area contributed by atoms with Crippen molar-refractivity contribution in [2.75, 3.05) is 11.9 Å². The first kappa shape index (κ1) is 17.2. The van der Waals surface area contributed by atoms with E-state index in [0.29, 0.717) is 12.5 Å². The van der Waals surface area contributed by atoms with Crippen LogP contribution in [0.1, 0.15) is 16.8 Å². The smallest absolute Gasteiger partial charge is 0.193 e. The number of hydrogen-bond donors (Lipinski definition) is 2. The lowest BCUT2D eigenvalue weighted by molar-refractivity contribution is 0.934. The SMILES string of the molecule is Cc1ccc(NC(N)=NCCc2csc(-c3ccccc3)n2)cc1C. The number of benzene rings is 2. The zero-order chi connectivity index (χ0) is 17.6. The average molecular weight is 350 g/mol. The second-order valence-corrected chi connectivity index (χ2v) is 6.81. The van der Waals surface area contributed by atoms with Crippen LogP contribution in [0.4, 0.5) is 5.69 Å². The van der Waals surface area contributed by atoms with Crippen molar-refractivity contribution >= 4 is 23.0 Å². The van der Waals surface area contributed by atoms with Gasteiger partial charge >= 0.3 is 0 Å². The number of hydrogen-bond acceptors (Lipinski definition) is 3. The number of nitrogens with one attached hydrogen (secondary N) is 1. The van der Waals surface area contributed by atoms with E-state index < -0.39 is 0 Å². The lowest BCUT2D eigenvalue weighted by Crippen LogP contribution is -2.23. The summed E-state index contributed by atoms with van der Waals surface area (Å²) in [6.07, 6.45) is 0.776. The van der Waals surface area contributed by atoms with E-state index in [1.54, 1.807) is 11.3 Å². The number of aliphatic imine (C=N–C) groups is 1. The van der Waals surface area contributed by atoms with Crippen molar-refractivity contribution < 1.29 is 0 Å². The van der Waals surface area contributed by atoms with Crippen LogP contribution < -0.4 is 11.1 Å². The van der Waals surface area contributed by atoms with Crippen molar-refractivity contribution in [3.05, 3.63) is 70.7 Å². The molecule has 0 aliphatic carbocycles. The zero-order valence-electron chi connectivity index (χ0n) is 14.5. The number of guanidine groups is 1. The van der Waals surface area contributed by atoms with Gasteiger partial charge in [-0.2, -0.15) is 0 Å². The maximum atomic E-state index is 5.98. The Morgan fingerprint density at radius 2 is 1.92 bits per heavy atom. The highest BCUT2D eigenvalue weighted by Crippen LogP contribution is 2.23. The summed E-state index contributed by atoms with van der Waals surface area (Å²) in [7, 11) is 0. The maximum absolute atomic E-state index is 5.98. The van der Waals surface area contributed by atoms with Crippen molar-refractivity contribution in [3.8, 4) is 10.6 Å². The first-order chi connectivity index (χ1) is 12.1. The molecule has 3 rings (SSSR count). The minimum absolute atomic E-state index is 0.432. The van der Waals surface area contributed by atoms with Crippen LogP contribution in [0.3, 0.4) is 0 Å². The second kappa shape index (κ2) is 7.94. The van der Waals surface area contributed by atoms with Crippen molar-refractivity contribution in [3.63, 3.8) is 0 Å². The van der Waals surface area contributed by atoms with Gasteiger partial charge in [0.15, 0.2) is 5.96 Å². The Balaban J connectivity index is 1.55. The summed E-state index contributed by atoms with van der Waals surface area (Å²) < 4.78 is 0. The Hall–Kier alpha value is -2.66. The highest BCUT2D eigenvalue weighted by Gasteiger charge is 2.04. The molecule has 25 heavy (non-hydrogen) atoms. The van der Waals surface area contributed by atoms with Gasteiger partial charge in [0.1, 0.15) is 5.01 Å². The third-order valence-corrected chi connectivity index (χ3v) is 4.94. The first-order valence-electron chi connectivity index (χ1n) is 8.26. The van der Waals surface area contributed by atoms with Gasteiger partial charge in [0.25, 0.3) is 0 Å². The molecule has 0 aliphatic heterocycles. The highest BCUT2D eigenvalue weighted by atomic mass is 32.1. The monoisotopic (exact) mass is 350 g/mol. The summed E-state index contributed by atoms with van der Waals surface area (Å²) in [6, 6.07) is 16.4. The Morgan fingerprint density at radius 3 is 2.68 bits per heavy atom. The number of anilines is 1. The van der Waals surface area contributed by atoms with E-state index in [0.717, 1.165) is 28.4 Å². The quantitative estimate of drug-likeness (QED) is 0.530. The minimum atomic E-state index is 0.432. The molecule has 0 spiro atoms. The van der Waals surface area contributed by atoms with Crippen LogP contribution in [0.5, 0.6) is 0 Å². The molecule has 4 nitrogen and oxygen atoms in total. The van der Waals surface area contributed by atoms with Gasteiger partial charge in [-0.15, -0.1) is 11.3 Å². The number of rotatable bonds is 5. The molecule has 3 N–H and O–H groups in total. The topological polar surface area (TPSA) is 63.3 Å². The molecule has 3 aromatic rings. The van der Waals surface area contributed by atoms with Crippen LogP contribution in [-0.2, 0) is 6.42 Å². The van der Waals surface area contributed by atoms with E-state index in [1.165, 1.54) is 11.1 Å². The van der Waals surface area contributed by atoms with Crippen LogP contribution in [0.25, 0.3) is 10.6 Å². The minimum Gasteiger partial charge on any atom is -0.370 e. The fourth-order valence-electron chi connectivity index (χ4n) is 2.43. The van der Waals surface area contributed by atoms with E-state index in [2.05, 4.69) is 58.8 Å². The third-order valence-electron chi connectivity index (χ3n) is 4.00. The lowest BCUT2D eigenvalue weighted by atomic mass is 10.1. The normalized spacial score (nSPS) is 11.5. The predicted molar refractivity (Wildman–Crippen MR) is 107 cm³/mol. The van der Waals surface area contributed by atoms with E-state index in [1.807, 2.05) is 24.3 Å². The van der Waals surface area contributed by atoms with Crippen LogP contribution in [0.2, 0.25) is 0 Å². The molecule has 1 heterocycles. The predicted octanol–water partition coefficient (Wildman–Crippen LogP) is 4.40. The number of thiazole rings is 1. The summed E-state index contributed by atoms with van der Waals surface area (Å²) in [5, 5.41) is 6.27. The Morgan fingerprint density at radius 1 is 1.12 bits per heavy atom.